The summed E-state index contributed by atoms with van der Waals surface area (Å²) in [6.45, 7) is 2.85. The van der Waals surface area contributed by atoms with Crippen LogP contribution in [0.3, 0.4) is 0 Å². The summed E-state index contributed by atoms with van der Waals surface area (Å²) in [5, 5.41) is 3.45. The van der Waals surface area contributed by atoms with Gasteiger partial charge in [0, 0.05) is 50.4 Å². The fraction of sp³-hybridized carbons (Fsp3) is 0.440. The number of nitrogens with one attached hydrogen (secondary N) is 1. The van der Waals surface area contributed by atoms with Gasteiger partial charge in [-0.15, -0.1) is 0 Å². The number of hydrogen-bond donors (Lipinski definition) is 1. The lowest BCUT2D eigenvalue weighted by Gasteiger charge is -2.29. The molecule has 9 nitrogen and oxygen atoms in total. The zero-order valence-corrected chi connectivity index (χ0v) is 19.7. The zero-order chi connectivity index (χ0) is 23.9. The Bertz CT molecular complexity index is 1200. The van der Waals surface area contributed by atoms with Gasteiger partial charge in [-0.2, -0.15) is 0 Å². The van der Waals surface area contributed by atoms with E-state index < -0.39 is 0 Å². The molecule has 1 amide bonds. The quantitative estimate of drug-likeness (QED) is 0.519. The summed E-state index contributed by atoms with van der Waals surface area (Å²) in [5.41, 5.74) is 1.39. The molecule has 0 atom stereocenters. The lowest BCUT2D eigenvalue weighted by molar-refractivity contribution is -0.121. The second-order valence-corrected chi connectivity index (χ2v) is 8.38. The summed E-state index contributed by atoms with van der Waals surface area (Å²) in [5.74, 6) is 1.91. The monoisotopic (exact) mass is 465 g/mol. The number of fused-ring (bicyclic) bond motifs is 1. The molecule has 0 spiro atoms. The molecule has 3 aromatic rings. The average molecular weight is 466 g/mol. The van der Waals surface area contributed by atoms with Gasteiger partial charge >= 0.3 is 0 Å². The van der Waals surface area contributed by atoms with Gasteiger partial charge in [-0.05, 0) is 37.8 Å². The van der Waals surface area contributed by atoms with Gasteiger partial charge in [0.15, 0.2) is 11.5 Å². The molecule has 3 heterocycles. The number of hydrogen-bond acceptors (Lipinski definition) is 7. The van der Waals surface area contributed by atoms with E-state index in [1.807, 2.05) is 12.1 Å². The van der Waals surface area contributed by atoms with Gasteiger partial charge < -0.3 is 19.7 Å². The molecule has 0 aliphatic carbocycles. The average Bonchev–Trinajstić information content (AvgIpc) is 2.88. The Hall–Kier alpha value is -3.62. The van der Waals surface area contributed by atoms with Crippen LogP contribution in [0.1, 0.15) is 37.7 Å². The number of piperidine rings is 1. The molecule has 0 saturated carbocycles. The molecule has 1 aliphatic heterocycles. The van der Waals surface area contributed by atoms with Crippen LogP contribution in [0.2, 0.25) is 0 Å². The molecule has 2 aromatic heterocycles. The predicted octanol–water partition coefficient (Wildman–Crippen LogP) is 2.90. The number of aromatic nitrogens is 3. The number of carbonyl (C=O) groups excluding carboxylic acids is 1. The lowest BCUT2D eigenvalue weighted by atomic mass is 10.1. The van der Waals surface area contributed by atoms with Crippen molar-refractivity contribution in [3.63, 3.8) is 0 Å². The first-order chi connectivity index (χ1) is 16.6. The molecule has 4 rings (SSSR count). The van der Waals surface area contributed by atoms with Crippen molar-refractivity contribution in [2.45, 2.75) is 45.2 Å². The van der Waals surface area contributed by atoms with Gasteiger partial charge in [0.05, 0.1) is 31.4 Å². The fourth-order valence-electron chi connectivity index (χ4n) is 4.30. The Labute approximate surface area is 198 Å². The van der Waals surface area contributed by atoms with Crippen LogP contribution in [-0.2, 0) is 17.9 Å². The highest BCUT2D eigenvalue weighted by Crippen LogP contribution is 2.29. The van der Waals surface area contributed by atoms with Crippen molar-refractivity contribution in [2.75, 3.05) is 32.2 Å². The maximum atomic E-state index is 12.9. The van der Waals surface area contributed by atoms with Crippen molar-refractivity contribution in [1.82, 2.24) is 19.9 Å². The van der Waals surface area contributed by atoms with Crippen LogP contribution in [0.4, 0.5) is 5.82 Å². The van der Waals surface area contributed by atoms with Crippen LogP contribution in [0.25, 0.3) is 10.9 Å². The molecule has 1 aromatic carbocycles. The van der Waals surface area contributed by atoms with E-state index in [1.54, 1.807) is 25.4 Å². The first kappa shape index (κ1) is 23.5. The number of benzene rings is 1. The first-order valence-electron chi connectivity index (χ1n) is 11.7. The van der Waals surface area contributed by atoms with Gasteiger partial charge in [0.2, 0.25) is 5.91 Å². The van der Waals surface area contributed by atoms with E-state index >= 15 is 0 Å². The van der Waals surface area contributed by atoms with Crippen LogP contribution in [0.5, 0.6) is 11.5 Å². The Morgan fingerprint density at radius 2 is 1.85 bits per heavy atom. The molecular formula is C25H31N5O4. The number of ether oxygens (including phenoxy) is 2. The number of aryl methyl sites for hydroxylation is 1. The maximum Gasteiger partial charge on any atom is 0.261 e. The maximum absolute atomic E-state index is 12.9. The normalized spacial score (nSPS) is 13.6. The number of amides is 1. The van der Waals surface area contributed by atoms with Gasteiger partial charge in [-0.3, -0.25) is 14.2 Å². The van der Waals surface area contributed by atoms with Crippen molar-refractivity contribution in [1.29, 1.82) is 0 Å². The van der Waals surface area contributed by atoms with Crippen molar-refractivity contribution in [2.24, 2.45) is 0 Å². The molecule has 0 radical (unpaired) electrons. The van der Waals surface area contributed by atoms with Crippen molar-refractivity contribution in [3.05, 3.63) is 52.7 Å². The molecule has 0 bridgehead atoms. The van der Waals surface area contributed by atoms with E-state index in [0.717, 1.165) is 24.5 Å². The molecule has 1 fully saturated rings. The number of methoxy groups -OCH3 is 2. The van der Waals surface area contributed by atoms with Crippen LogP contribution in [-0.4, -0.2) is 47.8 Å². The summed E-state index contributed by atoms with van der Waals surface area (Å²) >= 11 is 0. The van der Waals surface area contributed by atoms with E-state index in [2.05, 4.69) is 20.2 Å². The first-order valence-corrected chi connectivity index (χ1v) is 11.7. The number of anilines is 1. The van der Waals surface area contributed by atoms with Crippen molar-refractivity contribution in [3.8, 4) is 11.5 Å². The number of carbonyl (C=O) groups is 1. The van der Waals surface area contributed by atoms with E-state index in [0.29, 0.717) is 48.3 Å². The number of nitrogens with zero attached hydrogens (tertiary/aromatic N) is 4. The van der Waals surface area contributed by atoms with E-state index in [1.165, 1.54) is 37.3 Å². The lowest BCUT2D eigenvalue weighted by Crippen LogP contribution is -2.32. The van der Waals surface area contributed by atoms with Crippen molar-refractivity contribution < 1.29 is 14.3 Å². The summed E-state index contributed by atoms with van der Waals surface area (Å²) in [4.78, 5) is 36.6. The van der Waals surface area contributed by atoms with Crippen LogP contribution in [0.15, 0.2) is 41.6 Å². The Kier molecular flexibility index (Phi) is 7.61. The topological polar surface area (TPSA) is 98.6 Å². The van der Waals surface area contributed by atoms with E-state index in [-0.39, 0.29) is 11.5 Å². The molecule has 1 N–H and O–H groups in total. The second-order valence-electron chi connectivity index (χ2n) is 8.38. The van der Waals surface area contributed by atoms with Crippen molar-refractivity contribution >= 4 is 22.6 Å². The minimum absolute atomic E-state index is 0.0540. The highest BCUT2D eigenvalue weighted by molar-refractivity contribution is 5.81. The zero-order valence-electron chi connectivity index (χ0n) is 19.7. The summed E-state index contributed by atoms with van der Waals surface area (Å²) in [7, 11) is 3.07. The molecule has 1 aliphatic rings. The van der Waals surface area contributed by atoms with Crippen LogP contribution in [0, 0.1) is 0 Å². The predicted molar refractivity (Wildman–Crippen MR) is 130 cm³/mol. The molecule has 1 saturated heterocycles. The van der Waals surface area contributed by atoms with Gasteiger partial charge in [0.1, 0.15) is 5.82 Å². The van der Waals surface area contributed by atoms with Crippen LogP contribution < -0.4 is 25.2 Å². The SMILES string of the molecule is COc1cc2ncn(CCCC(=O)NCc3cccnc3N3CCCCC3)c(=O)c2cc1OC. The molecule has 0 unspecified atom stereocenters. The summed E-state index contributed by atoms with van der Waals surface area (Å²) in [6, 6.07) is 7.24. The van der Waals surface area contributed by atoms with Gasteiger partial charge in [-0.25, -0.2) is 9.97 Å². The molecule has 9 heteroatoms. The van der Waals surface area contributed by atoms with E-state index in [4.69, 9.17) is 9.47 Å². The highest BCUT2D eigenvalue weighted by Gasteiger charge is 2.16. The molecule has 34 heavy (non-hydrogen) atoms. The number of pyridine rings is 1. The van der Waals surface area contributed by atoms with Gasteiger partial charge in [-0.1, -0.05) is 6.07 Å². The van der Waals surface area contributed by atoms with Crippen LogP contribution >= 0.6 is 0 Å². The largest absolute Gasteiger partial charge is 0.493 e. The minimum atomic E-state index is -0.173. The Morgan fingerprint density at radius 1 is 1.09 bits per heavy atom. The fourth-order valence-corrected chi connectivity index (χ4v) is 4.30. The third-order valence-corrected chi connectivity index (χ3v) is 6.13. The minimum Gasteiger partial charge on any atom is -0.493 e. The second kappa shape index (κ2) is 11.0. The van der Waals surface area contributed by atoms with Gasteiger partial charge in [0.25, 0.3) is 5.56 Å². The Morgan fingerprint density at radius 3 is 2.62 bits per heavy atom. The third kappa shape index (κ3) is 5.30. The third-order valence-electron chi connectivity index (χ3n) is 6.13. The highest BCUT2D eigenvalue weighted by atomic mass is 16.5. The Balaban J connectivity index is 1.34. The summed E-state index contributed by atoms with van der Waals surface area (Å²) in [6.07, 6.45) is 7.75. The molecule has 180 valence electrons. The number of rotatable bonds is 9. The molecular weight excluding hydrogens is 434 g/mol. The summed E-state index contributed by atoms with van der Waals surface area (Å²) < 4.78 is 12.1. The van der Waals surface area contributed by atoms with E-state index in [9.17, 15) is 9.59 Å². The smallest absolute Gasteiger partial charge is 0.261 e. The standard InChI is InChI=1S/C25H31N5O4/c1-33-21-14-19-20(15-22(21)34-2)28-17-30(25(19)32)13-7-9-23(31)27-16-18-8-6-10-26-24(18)29-11-4-3-5-12-29/h6,8,10,14-15,17H,3-5,7,9,11-13,16H2,1-2H3,(H,27,31).